The van der Waals surface area contributed by atoms with Crippen LogP contribution in [0.4, 0.5) is 0 Å². The molecule has 1 N–H and O–H groups in total. The lowest BCUT2D eigenvalue weighted by Crippen LogP contribution is -2.23. The number of esters is 3. The van der Waals surface area contributed by atoms with Crippen LogP contribution >= 0.6 is 0 Å². The number of carbonyl (C=O) groups excluding carboxylic acids is 5. The van der Waals surface area contributed by atoms with Crippen LogP contribution < -0.4 is 0 Å². The van der Waals surface area contributed by atoms with Crippen LogP contribution in [-0.2, 0) is 40.3 Å². The number of aromatic amines is 1. The zero-order chi connectivity index (χ0) is 66.3. The van der Waals surface area contributed by atoms with Crippen LogP contribution in [0.5, 0.6) is 0 Å². The van der Waals surface area contributed by atoms with E-state index in [1.54, 1.807) is 42.6 Å². The number of H-pyrrole nitrogens is 1. The molecule has 4 heterocycles. The number of nitrogens with one attached hydrogen (secondary N) is 1. The van der Waals surface area contributed by atoms with E-state index in [2.05, 4.69) is 9.55 Å². The van der Waals surface area contributed by atoms with E-state index in [0.717, 1.165) is 95.8 Å². The van der Waals surface area contributed by atoms with Gasteiger partial charge in [-0.3, -0.25) is 29.8 Å². The minimum atomic E-state index is -0.534. The van der Waals surface area contributed by atoms with Gasteiger partial charge in [0.2, 0.25) is 12.7 Å². The summed E-state index contributed by atoms with van der Waals surface area (Å²) >= 11 is 0. The first-order valence-corrected chi connectivity index (χ1v) is 29.8. The summed E-state index contributed by atoms with van der Waals surface area (Å²) in [6, 6.07) is 53.2. The molecule has 0 spiro atoms. The van der Waals surface area contributed by atoms with Gasteiger partial charge in [0.15, 0.2) is 12.6 Å². The van der Waals surface area contributed by atoms with E-state index < -0.39 is 21.7 Å². The normalized spacial score (nSPS) is 11.4. The van der Waals surface area contributed by atoms with E-state index in [1.165, 1.54) is 6.08 Å². The maximum absolute atomic E-state index is 12.2. The molecule has 0 atom stereocenters. The van der Waals surface area contributed by atoms with Crippen molar-refractivity contribution in [3.63, 3.8) is 0 Å². The fourth-order valence-corrected chi connectivity index (χ4v) is 10.1. The van der Waals surface area contributed by atoms with Crippen LogP contribution in [-0.4, -0.2) is 82.4 Å². The smallest absolute Gasteiger partial charge is 0.338 e. The molecule has 11 rings (SSSR count). The Morgan fingerprint density at radius 3 is 1.22 bits per heavy atom. The number of fused-ring (bicyclic) bond motifs is 4. The molecule has 18 heteroatoms. The molecule has 0 bridgehead atoms. The van der Waals surface area contributed by atoms with Gasteiger partial charge < -0.3 is 32.9 Å². The predicted octanol–water partition coefficient (Wildman–Crippen LogP) is 15.8. The molecular formula is C74H74N6O12. The van der Waals surface area contributed by atoms with E-state index >= 15 is 0 Å². The SMILES string of the molecule is CC(C)(C)OC(=O)c1ccc(Cn2cc(/C=C/[N+](=O)[O-])c3ccccc32)cc1.CC(C)(C)OC(=O)c1ccc(Cn2cc(C=O)c3ccccc32)cc1.CC(C)(C)OC(=O)c1ccc(Cn2cc(CC[N+](=O)[O-])c3ccccc32)cc1.O=Cc1c[nH]c2ccccc12. The van der Waals surface area contributed by atoms with Gasteiger partial charge in [0.05, 0.1) is 21.6 Å². The fourth-order valence-electron chi connectivity index (χ4n) is 10.1. The summed E-state index contributed by atoms with van der Waals surface area (Å²) in [6.45, 7) is 18.3. The first kappa shape index (κ1) is 66.9. The molecule has 0 amide bonds. The van der Waals surface area contributed by atoms with E-state index in [4.69, 9.17) is 14.2 Å². The zero-order valence-electron chi connectivity index (χ0n) is 53.0. The summed E-state index contributed by atoms with van der Waals surface area (Å²) in [5.41, 5.74) is 10.3. The van der Waals surface area contributed by atoms with Crippen molar-refractivity contribution < 1.29 is 48.0 Å². The average Bonchev–Trinajstić information content (AvgIpc) is 1.73. The molecule has 0 saturated carbocycles. The van der Waals surface area contributed by atoms with Crippen LogP contribution in [0.3, 0.4) is 0 Å². The number of nitro groups is 2. The summed E-state index contributed by atoms with van der Waals surface area (Å²) < 4.78 is 22.3. The number of benzene rings is 7. The summed E-state index contributed by atoms with van der Waals surface area (Å²) in [5.74, 6) is -1.01. The number of hydrogen-bond donors (Lipinski definition) is 1. The molecule has 0 aliphatic heterocycles. The first-order chi connectivity index (χ1) is 43.7. The Morgan fingerprint density at radius 2 is 0.815 bits per heavy atom. The van der Waals surface area contributed by atoms with E-state index in [9.17, 15) is 44.2 Å². The first-order valence-electron chi connectivity index (χ1n) is 29.8. The maximum Gasteiger partial charge on any atom is 0.338 e. The lowest BCUT2D eigenvalue weighted by molar-refractivity contribution is -0.479. The molecule has 92 heavy (non-hydrogen) atoms. The third kappa shape index (κ3) is 18.5. The van der Waals surface area contributed by atoms with E-state index in [1.807, 2.05) is 223 Å². The van der Waals surface area contributed by atoms with E-state index in [-0.39, 0.29) is 29.4 Å². The summed E-state index contributed by atoms with van der Waals surface area (Å²) in [4.78, 5) is 81.7. The van der Waals surface area contributed by atoms with Crippen LogP contribution in [0.1, 0.15) is 142 Å². The van der Waals surface area contributed by atoms with Crippen LogP contribution in [0.2, 0.25) is 0 Å². The molecule has 4 aromatic heterocycles. The lowest BCUT2D eigenvalue weighted by atomic mass is 10.1. The van der Waals surface area contributed by atoms with E-state index in [0.29, 0.717) is 48.3 Å². The van der Waals surface area contributed by atoms with Gasteiger partial charge in [-0.15, -0.1) is 0 Å². The Kier molecular flexibility index (Phi) is 21.5. The Morgan fingerprint density at radius 1 is 0.457 bits per heavy atom. The van der Waals surface area contributed by atoms with Crippen molar-refractivity contribution in [3.05, 3.63) is 277 Å². The van der Waals surface area contributed by atoms with Crippen LogP contribution in [0.25, 0.3) is 49.7 Å². The molecule has 0 aliphatic carbocycles. The number of para-hydroxylation sites is 4. The monoisotopic (exact) mass is 1240 g/mol. The zero-order valence-corrected chi connectivity index (χ0v) is 53.0. The maximum atomic E-state index is 12.2. The largest absolute Gasteiger partial charge is 0.456 e. The number of carbonyl (C=O) groups is 5. The van der Waals surface area contributed by atoms with Crippen molar-refractivity contribution in [1.29, 1.82) is 0 Å². The summed E-state index contributed by atoms with van der Waals surface area (Å²) in [7, 11) is 0. The van der Waals surface area contributed by atoms with Crippen LogP contribution in [0.15, 0.2) is 201 Å². The number of rotatable bonds is 16. The van der Waals surface area contributed by atoms with Crippen LogP contribution in [0, 0.1) is 20.2 Å². The number of ether oxygens (including phenoxy) is 3. The minimum Gasteiger partial charge on any atom is -0.456 e. The molecule has 0 aliphatic rings. The fraction of sp³-hybridized carbons (Fsp3) is 0.230. The Hall–Kier alpha value is -11.0. The minimum absolute atomic E-state index is 0.0847. The predicted molar refractivity (Wildman–Crippen MR) is 359 cm³/mol. The highest BCUT2D eigenvalue weighted by molar-refractivity contribution is 5.98. The van der Waals surface area contributed by atoms with Gasteiger partial charge in [-0.25, -0.2) is 14.4 Å². The van der Waals surface area contributed by atoms with Crippen molar-refractivity contribution >= 4 is 80.2 Å². The average molecular weight is 1240 g/mol. The van der Waals surface area contributed by atoms with Crippen molar-refractivity contribution in [2.75, 3.05) is 6.54 Å². The van der Waals surface area contributed by atoms with Crippen molar-refractivity contribution in [3.8, 4) is 0 Å². The van der Waals surface area contributed by atoms with Gasteiger partial charge in [-0.1, -0.05) is 109 Å². The summed E-state index contributed by atoms with van der Waals surface area (Å²) in [6.07, 6.45) is 12.0. The third-order valence-electron chi connectivity index (χ3n) is 14.1. The standard InChI is InChI=1S/C22H24N2O4.C22H22N2O4.C21H21NO3.C9H7NO/c2*1-22(2,3)28-21(25)17-10-8-16(9-11-17)14-23-15-18(12-13-24(26)27)19-6-4-5-7-20(19)23;1-21(2,3)25-20(24)16-10-8-15(9-11-16)12-22-13-17(14-23)18-6-4-5-7-19(18)22;11-6-7-5-10-9-4-2-1-3-8(7)9/h4-11,15H,12-14H2,1-3H3;4-13,15H,14H2,1-3H3;4-11,13-14H,12H2,1-3H3;1-6,10H/b;13-12+;;. The van der Waals surface area contributed by atoms with Gasteiger partial charge in [0, 0.05) is 122 Å². The number of hydrogen-bond acceptors (Lipinski definition) is 12. The molecule has 472 valence electrons. The second-order valence-electron chi connectivity index (χ2n) is 24.8. The molecule has 0 radical (unpaired) electrons. The Balaban J connectivity index is 0.000000164. The number of nitrogens with zero attached hydrogens (tertiary/aromatic N) is 5. The molecule has 18 nitrogen and oxygen atoms in total. The van der Waals surface area contributed by atoms with Crippen molar-refractivity contribution in [1.82, 2.24) is 18.7 Å². The van der Waals surface area contributed by atoms with Crippen molar-refractivity contribution in [2.24, 2.45) is 0 Å². The highest BCUT2D eigenvalue weighted by Gasteiger charge is 2.21. The van der Waals surface area contributed by atoms with Gasteiger partial charge in [0.25, 0.3) is 0 Å². The second-order valence-corrected chi connectivity index (χ2v) is 24.8. The van der Waals surface area contributed by atoms with Gasteiger partial charge in [0.1, 0.15) is 16.8 Å². The van der Waals surface area contributed by atoms with Gasteiger partial charge >= 0.3 is 17.9 Å². The third-order valence-corrected chi connectivity index (χ3v) is 14.1. The molecule has 7 aromatic carbocycles. The molecule has 0 saturated heterocycles. The Labute approximate surface area is 533 Å². The topological polar surface area (TPSA) is 230 Å². The number of aldehydes is 2. The molecule has 11 aromatic rings. The number of aromatic nitrogens is 4. The lowest BCUT2D eigenvalue weighted by Gasteiger charge is -2.19. The molecular weight excluding hydrogens is 1160 g/mol. The second kappa shape index (κ2) is 29.5. The molecule has 0 fully saturated rings. The molecule has 0 unspecified atom stereocenters. The highest BCUT2D eigenvalue weighted by Crippen LogP contribution is 2.27. The quantitative estimate of drug-likeness (QED) is 0.0313. The Bertz CT molecular complexity index is 4450. The highest BCUT2D eigenvalue weighted by atomic mass is 16.6. The van der Waals surface area contributed by atoms with Crippen molar-refractivity contribution in [2.45, 2.75) is 105 Å². The van der Waals surface area contributed by atoms with Gasteiger partial charge in [-0.2, -0.15) is 0 Å². The van der Waals surface area contributed by atoms with Gasteiger partial charge in [-0.05, 0) is 145 Å². The summed E-state index contributed by atoms with van der Waals surface area (Å²) in [5, 5.41) is 25.3.